The number of allylic oxidation sites excluding steroid dienone is 2. The number of benzene rings is 1. The van der Waals surface area contributed by atoms with Gasteiger partial charge in [0, 0.05) is 5.56 Å². The number of hydrogen-bond acceptors (Lipinski definition) is 5. The van der Waals surface area contributed by atoms with E-state index in [4.69, 9.17) is 4.42 Å². The molecule has 0 spiro atoms. The van der Waals surface area contributed by atoms with Crippen LogP contribution in [0.4, 0.5) is 5.69 Å². The Hall–Kier alpha value is -3.88. The molecule has 2 heterocycles. The van der Waals surface area contributed by atoms with E-state index in [-0.39, 0.29) is 35.7 Å². The monoisotopic (exact) mass is 436 g/mol. The van der Waals surface area contributed by atoms with Crippen molar-refractivity contribution in [1.29, 1.82) is 0 Å². The minimum Gasteiger partial charge on any atom is -0.467 e. The number of anilines is 1. The molecule has 1 saturated heterocycles. The van der Waals surface area contributed by atoms with Crippen LogP contribution in [0.15, 0.2) is 59.2 Å². The molecule has 166 valence electrons. The summed E-state index contributed by atoms with van der Waals surface area (Å²) in [5.74, 6) is -1.42. The van der Waals surface area contributed by atoms with Crippen molar-refractivity contribution in [2.75, 3.05) is 5.01 Å². The summed E-state index contributed by atoms with van der Waals surface area (Å²) < 4.78 is 5.17. The lowest BCUT2D eigenvalue weighted by Crippen LogP contribution is -2.59. The van der Waals surface area contributed by atoms with Gasteiger partial charge in [-0.25, -0.2) is 5.01 Å². The molecule has 3 N–H and O–H groups in total. The highest BCUT2D eigenvalue weighted by Crippen LogP contribution is 2.32. The molecular formula is C23H24N4O5. The summed E-state index contributed by atoms with van der Waals surface area (Å²) in [5, 5.41) is 6.54. The van der Waals surface area contributed by atoms with Crippen LogP contribution < -0.4 is 21.1 Å². The maximum atomic E-state index is 12.9. The predicted molar refractivity (Wildman–Crippen MR) is 115 cm³/mol. The molecule has 1 aromatic carbocycles. The summed E-state index contributed by atoms with van der Waals surface area (Å²) >= 11 is 0. The predicted octanol–water partition coefficient (Wildman–Crippen LogP) is 1.67. The molecule has 4 amide bonds. The molecule has 0 radical (unpaired) electrons. The largest absolute Gasteiger partial charge is 0.467 e. The van der Waals surface area contributed by atoms with E-state index in [1.807, 2.05) is 12.2 Å². The molecule has 2 aliphatic rings. The molecular weight excluding hydrogens is 412 g/mol. The van der Waals surface area contributed by atoms with Crippen molar-refractivity contribution < 1.29 is 23.6 Å². The van der Waals surface area contributed by atoms with E-state index in [1.54, 1.807) is 37.3 Å². The second-order valence-electron chi connectivity index (χ2n) is 7.85. The highest BCUT2D eigenvalue weighted by atomic mass is 16.3. The number of rotatable bonds is 6. The maximum absolute atomic E-state index is 12.9. The van der Waals surface area contributed by atoms with E-state index in [0.717, 1.165) is 0 Å². The Morgan fingerprint density at radius 3 is 2.69 bits per heavy atom. The van der Waals surface area contributed by atoms with Crippen molar-refractivity contribution in [3.8, 4) is 0 Å². The van der Waals surface area contributed by atoms with Gasteiger partial charge in [-0.2, -0.15) is 0 Å². The molecule has 1 aliphatic heterocycles. The molecule has 32 heavy (non-hydrogen) atoms. The fourth-order valence-corrected chi connectivity index (χ4v) is 3.85. The van der Waals surface area contributed by atoms with Crippen molar-refractivity contribution >= 4 is 29.3 Å². The van der Waals surface area contributed by atoms with Gasteiger partial charge in [-0.1, -0.05) is 18.2 Å². The average Bonchev–Trinajstić information content (AvgIpc) is 3.33. The number of furan rings is 1. The van der Waals surface area contributed by atoms with E-state index >= 15 is 0 Å². The van der Waals surface area contributed by atoms with E-state index < -0.39 is 17.9 Å². The molecule has 4 rings (SSSR count). The fourth-order valence-electron chi connectivity index (χ4n) is 3.85. The van der Waals surface area contributed by atoms with Gasteiger partial charge in [0.1, 0.15) is 11.8 Å². The van der Waals surface area contributed by atoms with Crippen molar-refractivity contribution in [2.24, 2.45) is 11.8 Å². The average molecular weight is 436 g/mol. The molecule has 3 unspecified atom stereocenters. The lowest BCUT2D eigenvalue weighted by Gasteiger charge is -2.38. The Kier molecular flexibility index (Phi) is 6.07. The first kappa shape index (κ1) is 21.4. The topological polar surface area (TPSA) is 121 Å². The van der Waals surface area contributed by atoms with Crippen molar-refractivity contribution in [1.82, 2.24) is 16.1 Å². The summed E-state index contributed by atoms with van der Waals surface area (Å²) in [4.78, 5) is 50.4. The Morgan fingerprint density at radius 2 is 1.94 bits per heavy atom. The number of carbonyl (C=O) groups is 4. The van der Waals surface area contributed by atoms with E-state index in [9.17, 15) is 19.2 Å². The fraction of sp³-hybridized carbons (Fsp3) is 0.304. The van der Waals surface area contributed by atoms with Crippen LogP contribution in [-0.2, 0) is 20.9 Å². The lowest BCUT2D eigenvalue weighted by molar-refractivity contribution is -0.140. The molecule has 2 aromatic rings. The Bertz CT molecular complexity index is 1060. The number of carbonyl (C=O) groups excluding carboxylic acids is 4. The van der Waals surface area contributed by atoms with Crippen molar-refractivity contribution in [3.63, 3.8) is 0 Å². The quantitative estimate of drug-likeness (QED) is 0.595. The third-order valence-electron chi connectivity index (χ3n) is 5.65. The molecule has 3 atom stereocenters. The third-order valence-corrected chi connectivity index (χ3v) is 5.65. The second-order valence-corrected chi connectivity index (χ2v) is 7.85. The summed E-state index contributed by atoms with van der Waals surface area (Å²) in [5.41, 5.74) is 3.30. The lowest BCUT2D eigenvalue weighted by atomic mass is 9.80. The molecule has 1 aromatic heterocycles. The molecule has 1 fully saturated rings. The van der Waals surface area contributed by atoms with Crippen LogP contribution in [0.3, 0.4) is 0 Å². The molecule has 0 saturated carbocycles. The molecule has 9 heteroatoms. The van der Waals surface area contributed by atoms with Gasteiger partial charge in [-0.3, -0.25) is 24.6 Å². The Morgan fingerprint density at radius 1 is 1.16 bits per heavy atom. The van der Waals surface area contributed by atoms with Crippen LogP contribution in [0, 0.1) is 11.8 Å². The first-order valence-electron chi connectivity index (χ1n) is 10.4. The number of nitrogens with zero attached hydrogens (tertiary/aromatic N) is 1. The van der Waals surface area contributed by atoms with Crippen LogP contribution in [0.1, 0.15) is 35.9 Å². The summed E-state index contributed by atoms with van der Waals surface area (Å²) in [7, 11) is 0. The van der Waals surface area contributed by atoms with Crippen molar-refractivity contribution in [2.45, 2.75) is 32.4 Å². The van der Waals surface area contributed by atoms with Gasteiger partial charge in [-0.15, -0.1) is 0 Å². The highest BCUT2D eigenvalue weighted by molar-refractivity contribution is 6.05. The zero-order valence-electron chi connectivity index (χ0n) is 17.5. The van der Waals surface area contributed by atoms with Gasteiger partial charge in [0.15, 0.2) is 0 Å². The standard InChI is InChI=1S/C23H24N4O5/c1-14(20(28)24-13-17-8-5-11-32-17)25-21(29)15-6-4-7-16(12-15)27-23(31)19-10-3-2-9-18(19)22(30)26-27/h2-8,11-12,14,18-19H,9-10,13H2,1H3,(H,24,28)(H,25,29)(H,26,30). The van der Waals surface area contributed by atoms with Gasteiger partial charge < -0.3 is 15.1 Å². The second kappa shape index (κ2) is 9.09. The van der Waals surface area contributed by atoms with E-state index in [0.29, 0.717) is 24.3 Å². The van der Waals surface area contributed by atoms with Crippen molar-refractivity contribution in [3.05, 3.63) is 66.1 Å². The number of nitrogens with one attached hydrogen (secondary N) is 3. The Balaban J connectivity index is 1.41. The number of hydrogen-bond donors (Lipinski definition) is 3. The van der Waals surface area contributed by atoms with Gasteiger partial charge in [0.25, 0.3) is 5.91 Å². The summed E-state index contributed by atoms with van der Waals surface area (Å²) in [6, 6.07) is 9.04. The zero-order chi connectivity index (χ0) is 22.7. The van der Waals surface area contributed by atoms with Crippen LogP contribution in [0.5, 0.6) is 0 Å². The molecule has 0 bridgehead atoms. The van der Waals surface area contributed by atoms with E-state index in [2.05, 4.69) is 16.1 Å². The number of amides is 4. The van der Waals surface area contributed by atoms with E-state index in [1.165, 1.54) is 17.3 Å². The number of hydrazine groups is 1. The maximum Gasteiger partial charge on any atom is 0.251 e. The minimum absolute atomic E-state index is 0.206. The molecule has 9 nitrogen and oxygen atoms in total. The van der Waals surface area contributed by atoms with Crippen LogP contribution in [0.25, 0.3) is 0 Å². The van der Waals surface area contributed by atoms with Gasteiger partial charge >= 0.3 is 0 Å². The minimum atomic E-state index is -0.785. The third kappa shape index (κ3) is 4.41. The van der Waals surface area contributed by atoms with Crippen LogP contribution >= 0.6 is 0 Å². The highest BCUT2D eigenvalue weighted by Gasteiger charge is 2.42. The Labute approximate surface area is 184 Å². The van der Waals surface area contributed by atoms with Crippen LogP contribution in [-0.4, -0.2) is 29.7 Å². The van der Waals surface area contributed by atoms with Crippen LogP contribution in [0.2, 0.25) is 0 Å². The first-order valence-corrected chi connectivity index (χ1v) is 10.4. The summed E-state index contributed by atoms with van der Waals surface area (Å²) in [6.45, 7) is 1.79. The molecule has 1 aliphatic carbocycles. The zero-order valence-corrected chi connectivity index (χ0v) is 17.5. The first-order chi connectivity index (χ1) is 15.4. The van der Waals surface area contributed by atoms with Gasteiger partial charge in [0.05, 0.1) is 30.3 Å². The SMILES string of the molecule is CC(NC(=O)c1cccc(N2NC(=O)C3CC=CCC3C2=O)c1)C(=O)NCc1ccco1. The smallest absolute Gasteiger partial charge is 0.251 e. The summed E-state index contributed by atoms with van der Waals surface area (Å²) in [6.07, 6.45) is 6.40. The van der Waals surface area contributed by atoms with Gasteiger partial charge in [-0.05, 0) is 50.1 Å². The number of fused-ring (bicyclic) bond motifs is 1. The normalized spacial score (nSPS) is 20.8. The van der Waals surface area contributed by atoms with Gasteiger partial charge in [0.2, 0.25) is 17.7 Å².